The normalized spacial score (nSPS) is 13.5. The van der Waals surface area contributed by atoms with Gasteiger partial charge in [0, 0.05) is 57.2 Å². The second kappa shape index (κ2) is 23.7. The first kappa shape index (κ1) is 43.5. The monoisotopic (exact) mass is 735 g/mol. The molecule has 1 amide bonds. The Kier molecular flexibility index (Phi) is 20.6. The molecule has 2 N–H and O–H groups in total. The number of ether oxygens (including phenoxy) is 2. The number of unbranched alkanes of at least 4 members (excludes halogenated alkanes) is 6. The van der Waals surface area contributed by atoms with Gasteiger partial charge in [-0.25, -0.2) is 13.1 Å². The first-order chi connectivity index (χ1) is 23.9. The first-order valence-corrected chi connectivity index (χ1v) is 20.7. The summed E-state index contributed by atoms with van der Waals surface area (Å²) < 4.78 is 40.1. The number of nitrogens with one attached hydrogen (secondary N) is 2. The van der Waals surface area contributed by atoms with E-state index >= 15 is 0 Å². The Balaban J connectivity index is 1.60. The van der Waals surface area contributed by atoms with Crippen molar-refractivity contribution in [1.82, 2.24) is 10.0 Å². The molecule has 0 aliphatic heterocycles. The fourth-order valence-electron chi connectivity index (χ4n) is 5.81. The number of esters is 1. The number of amides is 1. The highest BCUT2D eigenvalue weighted by atomic mass is 32.2. The Bertz CT molecular complexity index is 1430. The van der Waals surface area contributed by atoms with Crippen LogP contribution >= 0.6 is 11.8 Å². The summed E-state index contributed by atoms with van der Waals surface area (Å²) in [7, 11) is 1.81. The van der Waals surface area contributed by atoms with Crippen molar-refractivity contribution >= 4 is 55.9 Å². The molecule has 3 atom stereocenters. The molecular weight excluding hydrogens is 675 g/mol. The third kappa shape index (κ3) is 16.1. The number of hydrogen-bond donors (Lipinski definition) is 2. The maximum atomic E-state index is 13.1. The number of methoxy groups -OCH3 is 1. The minimum Gasteiger partial charge on any atom is -0.462 e. The summed E-state index contributed by atoms with van der Waals surface area (Å²) in [6.45, 7) is 6.45. The number of Topliss-reactive ketones (excluding diaryl/α,β-unsaturated/α-hetero) is 1. The van der Waals surface area contributed by atoms with Crippen LogP contribution in [0.2, 0.25) is 0 Å². The van der Waals surface area contributed by atoms with Gasteiger partial charge in [0.1, 0.15) is 11.9 Å². The number of anilines is 1. The van der Waals surface area contributed by atoms with Crippen molar-refractivity contribution in [2.75, 3.05) is 44.9 Å². The molecule has 3 unspecified atom stereocenters. The Morgan fingerprint density at radius 2 is 1.50 bits per heavy atom. The number of benzene rings is 2. The lowest BCUT2D eigenvalue weighted by molar-refractivity contribution is -0.153. The fraction of sp³-hybridized carbons (Fsp3) is 0.658. The van der Waals surface area contributed by atoms with E-state index in [4.69, 9.17) is 9.47 Å². The van der Waals surface area contributed by atoms with E-state index in [0.717, 1.165) is 74.6 Å². The first-order valence-electron chi connectivity index (χ1n) is 18.2. The molecule has 0 saturated carbocycles. The fourth-order valence-corrected chi connectivity index (χ4v) is 8.06. The summed E-state index contributed by atoms with van der Waals surface area (Å²) in [4.78, 5) is 39.0. The van der Waals surface area contributed by atoms with Gasteiger partial charge < -0.3 is 19.7 Å². The summed E-state index contributed by atoms with van der Waals surface area (Å²) in [6, 6.07) is 11.0. The zero-order valence-corrected chi connectivity index (χ0v) is 32.8. The van der Waals surface area contributed by atoms with E-state index in [9.17, 15) is 22.8 Å². The number of rotatable bonds is 27. The van der Waals surface area contributed by atoms with Crippen molar-refractivity contribution < 1.29 is 32.3 Å². The van der Waals surface area contributed by atoms with E-state index in [1.165, 1.54) is 6.92 Å². The number of carbonyl (C=O) groups is 3. The summed E-state index contributed by atoms with van der Waals surface area (Å²) in [5.41, 5.74) is 0.964. The van der Waals surface area contributed by atoms with E-state index in [2.05, 4.69) is 17.0 Å². The Hall–Kier alpha value is -2.67. The highest BCUT2D eigenvalue weighted by molar-refractivity contribution is 8.00. The van der Waals surface area contributed by atoms with Crippen molar-refractivity contribution in [2.45, 2.75) is 127 Å². The highest BCUT2D eigenvalue weighted by Gasteiger charge is 2.21. The van der Waals surface area contributed by atoms with Gasteiger partial charge in [-0.1, -0.05) is 63.3 Å². The maximum absolute atomic E-state index is 13.1. The molecule has 282 valence electrons. The number of thioether (sulfide) groups is 1. The van der Waals surface area contributed by atoms with E-state index in [1.807, 2.05) is 50.2 Å². The smallest absolute Gasteiger partial charge is 0.308 e. The molecule has 10 nitrogen and oxygen atoms in total. The molecule has 12 heteroatoms. The number of sulfonamides is 1. The van der Waals surface area contributed by atoms with Crippen LogP contribution in [0.15, 0.2) is 41.3 Å². The molecule has 0 aromatic heterocycles. The largest absolute Gasteiger partial charge is 0.462 e. The second-order valence-corrected chi connectivity index (χ2v) is 16.4. The Labute approximate surface area is 305 Å². The van der Waals surface area contributed by atoms with Crippen molar-refractivity contribution in [3.05, 3.63) is 36.4 Å². The van der Waals surface area contributed by atoms with Gasteiger partial charge in [0.15, 0.2) is 0 Å². The highest BCUT2D eigenvalue weighted by Crippen LogP contribution is 2.30. The molecule has 2 rings (SSSR count). The number of fused-ring (bicyclic) bond motifs is 1. The average molecular weight is 736 g/mol. The van der Waals surface area contributed by atoms with E-state index < -0.39 is 10.0 Å². The van der Waals surface area contributed by atoms with Crippen LogP contribution in [0.25, 0.3) is 10.8 Å². The van der Waals surface area contributed by atoms with E-state index in [1.54, 1.807) is 31.0 Å². The lowest BCUT2D eigenvalue weighted by Gasteiger charge is -2.19. The lowest BCUT2D eigenvalue weighted by atomic mass is 10.0. The molecular formula is C38H61N3O7S2. The minimum absolute atomic E-state index is 0.00363. The van der Waals surface area contributed by atoms with Gasteiger partial charge in [-0.2, -0.15) is 0 Å². The van der Waals surface area contributed by atoms with Crippen LogP contribution in [0.3, 0.4) is 0 Å². The van der Waals surface area contributed by atoms with Gasteiger partial charge in [0.25, 0.3) is 0 Å². The number of nitrogens with zero attached hydrogens (tertiary/aromatic N) is 1. The van der Waals surface area contributed by atoms with Gasteiger partial charge in [-0.3, -0.25) is 14.4 Å². The van der Waals surface area contributed by atoms with Gasteiger partial charge in [0.2, 0.25) is 15.9 Å². The third-order valence-electron chi connectivity index (χ3n) is 8.65. The summed E-state index contributed by atoms with van der Waals surface area (Å²) in [5.74, 6) is 0.522. The zero-order valence-electron chi connectivity index (χ0n) is 31.1. The molecule has 0 aliphatic rings. The molecule has 0 bridgehead atoms. The quantitative estimate of drug-likeness (QED) is 0.0734. The molecule has 50 heavy (non-hydrogen) atoms. The molecule has 0 aliphatic carbocycles. The Morgan fingerprint density at radius 1 is 0.840 bits per heavy atom. The van der Waals surface area contributed by atoms with Gasteiger partial charge in [0.05, 0.1) is 22.7 Å². The van der Waals surface area contributed by atoms with E-state index in [0.29, 0.717) is 31.3 Å². The summed E-state index contributed by atoms with van der Waals surface area (Å²) in [5, 5.41) is 4.40. The number of hydrogen-bond acceptors (Lipinski definition) is 9. The predicted octanol–water partition coefficient (Wildman–Crippen LogP) is 7.03. The van der Waals surface area contributed by atoms with Crippen molar-refractivity contribution in [3.63, 3.8) is 0 Å². The molecule has 0 fully saturated rings. The van der Waals surface area contributed by atoms with Crippen LogP contribution in [0.4, 0.5) is 5.69 Å². The van der Waals surface area contributed by atoms with Crippen LogP contribution in [0.1, 0.15) is 104 Å². The van der Waals surface area contributed by atoms with Gasteiger partial charge >= 0.3 is 5.97 Å². The van der Waals surface area contributed by atoms with Crippen LogP contribution in [-0.2, 0) is 33.9 Å². The standard InChI is InChI=1S/C38H61N3O7S2/c1-7-8-9-11-19-32(27-29(2)42)48-37(43)28-31(47-6)18-12-15-26-49-30(3)38(44)39-24-13-10-14-25-40-50(45,46)36-23-17-20-33-34(36)21-16-22-35(33)41(4)5/h16-17,20-23,30-32,40H,7-15,18-19,24-28H2,1-6H3,(H,39,44). The minimum atomic E-state index is -3.66. The number of carbonyl (C=O) groups excluding carboxylic acids is 3. The average Bonchev–Trinajstić information content (AvgIpc) is 3.07. The van der Waals surface area contributed by atoms with Crippen molar-refractivity contribution in [1.29, 1.82) is 0 Å². The lowest BCUT2D eigenvalue weighted by Crippen LogP contribution is -2.32. The van der Waals surface area contributed by atoms with Crippen molar-refractivity contribution in [2.24, 2.45) is 0 Å². The van der Waals surface area contributed by atoms with Crippen LogP contribution in [0.5, 0.6) is 0 Å². The maximum Gasteiger partial charge on any atom is 0.308 e. The van der Waals surface area contributed by atoms with Crippen LogP contribution in [0, 0.1) is 0 Å². The molecule has 0 spiro atoms. The zero-order chi connectivity index (χ0) is 36.9. The molecule has 0 radical (unpaired) electrons. The molecule has 0 heterocycles. The second-order valence-electron chi connectivity index (χ2n) is 13.2. The summed E-state index contributed by atoms with van der Waals surface area (Å²) in [6.07, 6.45) is 9.51. The molecule has 2 aromatic rings. The topological polar surface area (TPSA) is 131 Å². The van der Waals surface area contributed by atoms with Crippen LogP contribution < -0.4 is 14.9 Å². The van der Waals surface area contributed by atoms with Crippen molar-refractivity contribution in [3.8, 4) is 0 Å². The Morgan fingerprint density at radius 3 is 2.20 bits per heavy atom. The van der Waals surface area contributed by atoms with Crippen LogP contribution in [-0.4, -0.2) is 83.6 Å². The van der Waals surface area contributed by atoms with E-state index in [-0.39, 0.29) is 52.9 Å². The predicted molar refractivity (Wildman–Crippen MR) is 205 cm³/mol. The molecule has 2 aromatic carbocycles. The third-order valence-corrected chi connectivity index (χ3v) is 11.4. The molecule has 0 saturated heterocycles. The SMILES string of the molecule is CCCCCCC(CC(C)=O)OC(=O)CC(CCCCSC(C)C(=O)NCCCCCNS(=O)(=O)c1cccc2c(N(C)C)cccc12)OC. The summed E-state index contributed by atoms with van der Waals surface area (Å²) >= 11 is 1.60. The van der Waals surface area contributed by atoms with Gasteiger partial charge in [-0.15, -0.1) is 11.8 Å². The number of ketones is 1. The van der Waals surface area contributed by atoms with Gasteiger partial charge in [-0.05, 0) is 70.3 Å².